The molecule has 0 bridgehead atoms. The van der Waals surface area contributed by atoms with Crippen molar-refractivity contribution in [3.8, 4) is 5.75 Å². The van der Waals surface area contributed by atoms with Crippen LogP contribution >= 0.6 is 11.8 Å². The van der Waals surface area contributed by atoms with Crippen LogP contribution in [0.25, 0.3) is 0 Å². The van der Waals surface area contributed by atoms with Crippen LogP contribution in [-0.4, -0.2) is 27.3 Å². The second-order valence-electron chi connectivity index (χ2n) is 9.18. The van der Waals surface area contributed by atoms with E-state index in [1.807, 2.05) is 43.3 Å². The van der Waals surface area contributed by atoms with Crippen LogP contribution < -0.4 is 10.1 Å². The Balaban J connectivity index is 1.41. The van der Waals surface area contributed by atoms with E-state index in [0.29, 0.717) is 46.0 Å². The number of carbonyl (C=O) groups excluding carboxylic acids is 1. The fourth-order valence-corrected chi connectivity index (χ4v) is 5.26. The van der Waals surface area contributed by atoms with Crippen molar-refractivity contribution in [3.63, 3.8) is 0 Å². The first-order valence-corrected chi connectivity index (χ1v) is 13.7. The number of allylic oxidation sites excluding steroid dienone is 1. The molecule has 0 spiro atoms. The SMILES string of the molecule is CCOC(=O)C1=C(C)Nc2nc(SCc3ccccc3F)nn2C1c1ccc(OCc2cccc(C)c2)cc1. The third-order valence-corrected chi connectivity index (χ3v) is 7.21. The Morgan fingerprint density at radius 3 is 2.62 bits per heavy atom. The molecule has 4 aromatic rings. The number of carbonyl (C=O) groups is 1. The number of esters is 1. The van der Waals surface area contributed by atoms with Gasteiger partial charge >= 0.3 is 5.97 Å². The summed E-state index contributed by atoms with van der Waals surface area (Å²) in [6, 6.07) is 21.9. The van der Waals surface area contributed by atoms with Crippen LogP contribution in [0, 0.1) is 12.7 Å². The summed E-state index contributed by atoms with van der Waals surface area (Å²) in [6.45, 7) is 6.36. The Morgan fingerprint density at radius 1 is 1.08 bits per heavy atom. The molecule has 9 heteroatoms. The van der Waals surface area contributed by atoms with Gasteiger partial charge in [0.15, 0.2) is 0 Å². The Morgan fingerprint density at radius 2 is 1.87 bits per heavy atom. The van der Waals surface area contributed by atoms with Crippen molar-refractivity contribution in [2.45, 2.75) is 44.3 Å². The molecule has 39 heavy (non-hydrogen) atoms. The van der Waals surface area contributed by atoms with Crippen molar-refractivity contribution in [1.82, 2.24) is 14.8 Å². The number of benzene rings is 3. The third-order valence-electron chi connectivity index (χ3n) is 6.33. The molecular weight excluding hydrogens is 515 g/mol. The molecule has 0 radical (unpaired) electrons. The highest BCUT2D eigenvalue weighted by Gasteiger charge is 2.35. The van der Waals surface area contributed by atoms with Gasteiger partial charge in [-0.1, -0.05) is 71.9 Å². The number of halogens is 1. The first-order valence-electron chi connectivity index (χ1n) is 12.7. The van der Waals surface area contributed by atoms with Crippen molar-refractivity contribution in [3.05, 3.63) is 112 Å². The fraction of sp³-hybridized carbons (Fsp3) is 0.233. The zero-order valence-corrected chi connectivity index (χ0v) is 22.8. The summed E-state index contributed by atoms with van der Waals surface area (Å²) in [5, 5.41) is 8.36. The summed E-state index contributed by atoms with van der Waals surface area (Å²) >= 11 is 1.33. The molecule has 1 aliphatic heterocycles. The van der Waals surface area contributed by atoms with Crippen molar-refractivity contribution in [1.29, 1.82) is 0 Å². The van der Waals surface area contributed by atoms with Gasteiger partial charge in [-0.3, -0.25) is 0 Å². The van der Waals surface area contributed by atoms with E-state index in [4.69, 9.17) is 14.6 Å². The van der Waals surface area contributed by atoms with E-state index >= 15 is 0 Å². The predicted octanol–water partition coefficient (Wildman–Crippen LogP) is 6.45. The number of anilines is 1. The van der Waals surface area contributed by atoms with Gasteiger partial charge in [0.1, 0.15) is 24.2 Å². The average molecular weight is 545 g/mol. The standard InChI is InChI=1S/C30H29FN4O3S/c1-4-37-28(36)26-20(3)32-29-33-30(39-18-23-10-5-6-11-25(23)31)34-35(29)27(26)22-12-14-24(15-13-22)38-17-21-9-7-8-19(2)16-21/h5-16,27H,4,17-18H2,1-3H3,(H,32,33,34). The number of aromatic nitrogens is 3. The second kappa shape index (κ2) is 11.7. The maximum Gasteiger partial charge on any atom is 0.338 e. The monoisotopic (exact) mass is 544 g/mol. The highest BCUT2D eigenvalue weighted by molar-refractivity contribution is 7.98. The van der Waals surface area contributed by atoms with Gasteiger partial charge in [0.05, 0.1) is 12.2 Å². The minimum absolute atomic E-state index is 0.252. The summed E-state index contributed by atoms with van der Waals surface area (Å²) in [6.07, 6.45) is 0. The topological polar surface area (TPSA) is 78.3 Å². The maximum absolute atomic E-state index is 14.1. The molecular formula is C30H29FN4O3S. The van der Waals surface area contributed by atoms with E-state index in [1.165, 1.54) is 23.4 Å². The van der Waals surface area contributed by atoms with Crippen LogP contribution in [-0.2, 0) is 21.9 Å². The van der Waals surface area contributed by atoms with E-state index in [0.717, 1.165) is 11.1 Å². The minimum Gasteiger partial charge on any atom is -0.489 e. The van der Waals surface area contributed by atoms with Gasteiger partial charge in [-0.05, 0) is 55.7 Å². The van der Waals surface area contributed by atoms with Crippen LogP contribution in [0.15, 0.2) is 89.2 Å². The van der Waals surface area contributed by atoms with Gasteiger partial charge in [0, 0.05) is 11.4 Å². The summed E-state index contributed by atoms with van der Waals surface area (Å²) in [5.74, 6) is 0.907. The zero-order valence-electron chi connectivity index (χ0n) is 22.0. The normalized spacial score (nSPS) is 14.5. The number of thioether (sulfide) groups is 1. The lowest BCUT2D eigenvalue weighted by Crippen LogP contribution is -2.29. The van der Waals surface area contributed by atoms with Crippen molar-refractivity contribution >= 4 is 23.7 Å². The summed E-state index contributed by atoms with van der Waals surface area (Å²) in [5.41, 5.74) is 4.77. The molecule has 1 unspecified atom stereocenters. The minimum atomic E-state index is -0.554. The highest BCUT2D eigenvalue weighted by atomic mass is 32.2. The largest absolute Gasteiger partial charge is 0.489 e. The molecule has 0 aliphatic carbocycles. The molecule has 0 saturated carbocycles. The van der Waals surface area contributed by atoms with Crippen LogP contribution in [0.2, 0.25) is 0 Å². The van der Waals surface area contributed by atoms with Crippen molar-refractivity contribution < 1.29 is 18.7 Å². The number of aryl methyl sites for hydroxylation is 1. The lowest BCUT2D eigenvalue weighted by Gasteiger charge is -2.28. The average Bonchev–Trinajstić information content (AvgIpc) is 3.33. The molecule has 5 rings (SSSR count). The number of fused-ring (bicyclic) bond motifs is 1. The second-order valence-corrected chi connectivity index (χ2v) is 10.1. The van der Waals surface area contributed by atoms with E-state index in [2.05, 4.69) is 29.4 Å². The van der Waals surface area contributed by atoms with Gasteiger partial charge in [-0.2, -0.15) is 4.98 Å². The van der Waals surface area contributed by atoms with Crippen molar-refractivity contribution in [2.75, 3.05) is 11.9 Å². The Hall–Kier alpha value is -4.11. The van der Waals surface area contributed by atoms with E-state index in [9.17, 15) is 9.18 Å². The Kier molecular flexibility index (Phi) is 7.97. The maximum atomic E-state index is 14.1. The number of hydrogen-bond donors (Lipinski definition) is 1. The molecule has 0 fully saturated rings. The number of rotatable bonds is 9. The highest BCUT2D eigenvalue weighted by Crippen LogP contribution is 2.37. The summed E-state index contributed by atoms with van der Waals surface area (Å²) in [4.78, 5) is 17.7. The molecule has 1 aromatic heterocycles. The molecule has 2 heterocycles. The van der Waals surface area contributed by atoms with Gasteiger partial charge in [-0.15, -0.1) is 5.10 Å². The molecule has 0 saturated heterocycles. The first-order chi connectivity index (χ1) is 18.9. The van der Waals surface area contributed by atoms with Crippen LogP contribution in [0.5, 0.6) is 5.75 Å². The number of nitrogens with one attached hydrogen (secondary N) is 1. The van der Waals surface area contributed by atoms with Gasteiger partial charge < -0.3 is 14.8 Å². The molecule has 7 nitrogen and oxygen atoms in total. The van der Waals surface area contributed by atoms with Gasteiger partial charge in [-0.25, -0.2) is 13.9 Å². The number of nitrogens with zero attached hydrogens (tertiary/aromatic N) is 3. The Bertz CT molecular complexity index is 1520. The molecule has 200 valence electrons. The number of hydrogen-bond acceptors (Lipinski definition) is 7. The van der Waals surface area contributed by atoms with Gasteiger partial charge in [0.25, 0.3) is 0 Å². The molecule has 1 atom stereocenters. The number of ether oxygens (including phenoxy) is 2. The van der Waals surface area contributed by atoms with Gasteiger partial charge in [0.2, 0.25) is 11.1 Å². The molecule has 1 N–H and O–H groups in total. The van der Waals surface area contributed by atoms with Crippen molar-refractivity contribution in [2.24, 2.45) is 0 Å². The van der Waals surface area contributed by atoms with Crippen LogP contribution in [0.1, 0.15) is 42.1 Å². The molecule has 0 amide bonds. The lowest BCUT2D eigenvalue weighted by molar-refractivity contribution is -0.139. The smallest absolute Gasteiger partial charge is 0.338 e. The van der Waals surface area contributed by atoms with Crippen LogP contribution in [0.4, 0.5) is 10.3 Å². The summed E-state index contributed by atoms with van der Waals surface area (Å²) < 4.78 is 27.2. The molecule has 1 aliphatic rings. The van der Waals surface area contributed by atoms with Crippen LogP contribution in [0.3, 0.4) is 0 Å². The predicted molar refractivity (Wildman–Crippen MR) is 149 cm³/mol. The van der Waals surface area contributed by atoms with E-state index < -0.39 is 12.0 Å². The summed E-state index contributed by atoms with van der Waals surface area (Å²) in [7, 11) is 0. The quantitative estimate of drug-likeness (QED) is 0.192. The zero-order chi connectivity index (χ0) is 27.4. The van der Waals surface area contributed by atoms with E-state index in [-0.39, 0.29) is 12.4 Å². The third kappa shape index (κ3) is 5.98. The lowest BCUT2D eigenvalue weighted by atomic mass is 9.96. The first kappa shape index (κ1) is 26.5. The Labute approximate surface area is 231 Å². The fourth-order valence-electron chi connectivity index (χ4n) is 4.45. The van der Waals surface area contributed by atoms with E-state index in [1.54, 1.807) is 29.8 Å². The molecule has 3 aromatic carbocycles.